The Morgan fingerprint density at radius 1 is 1.19 bits per heavy atom. The maximum atomic E-state index is 12.5. The molecule has 3 rings (SSSR count). The topological polar surface area (TPSA) is 81.9 Å². The van der Waals surface area contributed by atoms with Gasteiger partial charge in [0, 0.05) is 5.69 Å². The second-order valence-corrected chi connectivity index (χ2v) is 7.45. The molecule has 0 radical (unpaired) electrons. The van der Waals surface area contributed by atoms with Crippen molar-refractivity contribution in [3.8, 4) is 11.4 Å². The monoisotopic (exact) mass is 383 g/mol. The van der Waals surface area contributed by atoms with Crippen LogP contribution in [-0.4, -0.2) is 38.5 Å². The Morgan fingerprint density at radius 2 is 1.93 bits per heavy atom. The van der Waals surface area contributed by atoms with Crippen molar-refractivity contribution >= 4 is 23.4 Å². The summed E-state index contributed by atoms with van der Waals surface area (Å²) in [7, 11) is 1.60. The van der Waals surface area contributed by atoms with Gasteiger partial charge in [0.1, 0.15) is 5.75 Å². The molecule has 0 spiro atoms. The average molecular weight is 383 g/mol. The Labute approximate surface area is 162 Å². The van der Waals surface area contributed by atoms with Crippen molar-refractivity contribution in [1.29, 1.82) is 0 Å². The third-order valence-electron chi connectivity index (χ3n) is 4.03. The Morgan fingerprint density at radius 3 is 2.59 bits per heavy atom. The first-order valence-electron chi connectivity index (χ1n) is 8.45. The molecule has 140 valence electrons. The Hall–Kier alpha value is -2.87. The highest BCUT2D eigenvalue weighted by atomic mass is 32.2. The number of nitrogens with one attached hydrogen (secondary N) is 1. The van der Waals surface area contributed by atoms with Crippen LogP contribution in [0.5, 0.6) is 5.75 Å². The smallest absolute Gasteiger partial charge is 0.237 e. The van der Waals surface area contributed by atoms with Crippen LogP contribution in [0.15, 0.2) is 47.6 Å². The van der Waals surface area contributed by atoms with Crippen molar-refractivity contribution < 1.29 is 9.53 Å². The van der Waals surface area contributed by atoms with Crippen molar-refractivity contribution in [2.75, 3.05) is 12.4 Å². The third kappa shape index (κ3) is 4.46. The van der Waals surface area contributed by atoms with Gasteiger partial charge in [0.25, 0.3) is 0 Å². The lowest BCUT2D eigenvalue weighted by Crippen LogP contribution is -2.23. The first-order chi connectivity index (χ1) is 13.0. The van der Waals surface area contributed by atoms with Crippen LogP contribution in [-0.2, 0) is 4.79 Å². The van der Waals surface area contributed by atoms with E-state index in [1.165, 1.54) is 17.3 Å². The highest BCUT2D eigenvalue weighted by Gasteiger charge is 2.20. The van der Waals surface area contributed by atoms with Crippen LogP contribution in [0.3, 0.4) is 0 Å². The maximum absolute atomic E-state index is 12.5. The van der Waals surface area contributed by atoms with E-state index in [0.29, 0.717) is 10.8 Å². The lowest BCUT2D eigenvalue weighted by Gasteiger charge is -2.13. The quantitative estimate of drug-likeness (QED) is 0.657. The van der Waals surface area contributed by atoms with E-state index in [-0.39, 0.29) is 11.2 Å². The van der Waals surface area contributed by atoms with E-state index in [1.54, 1.807) is 36.1 Å². The molecule has 3 aromatic rings. The predicted octanol–water partition coefficient (Wildman–Crippen LogP) is 3.41. The molecular weight excluding hydrogens is 362 g/mol. The Balaban J connectivity index is 1.71. The van der Waals surface area contributed by atoms with E-state index in [2.05, 4.69) is 26.9 Å². The number of amides is 1. The molecule has 7 nitrogen and oxygen atoms in total. The van der Waals surface area contributed by atoms with Gasteiger partial charge in [-0.25, -0.2) is 0 Å². The second-order valence-electron chi connectivity index (χ2n) is 6.14. The molecule has 0 saturated carbocycles. The van der Waals surface area contributed by atoms with Crippen LogP contribution in [0, 0.1) is 13.8 Å². The SMILES string of the molecule is COc1ccc(NC(=O)[C@@H](C)Sc2nnnn2-c2ccc(C)cc2C)cc1. The van der Waals surface area contributed by atoms with Gasteiger partial charge < -0.3 is 10.1 Å². The highest BCUT2D eigenvalue weighted by Crippen LogP contribution is 2.25. The molecule has 1 aromatic heterocycles. The first kappa shape index (κ1) is 18.9. The molecule has 2 aromatic carbocycles. The van der Waals surface area contributed by atoms with E-state index >= 15 is 0 Å². The van der Waals surface area contributed by atoms with E-state index in [1.807, 2.05) is 32.9 Å². The molecular formula is C19H21N5O2S. The molecule has 0 aliphatic carbocycles. The van der Waals surface area contributed by atoms with E-state index < -0.39 is 0 Å². The minimum Gasteiger partial charge on any atom is -0.497 e. The zero-order valence-electron chi connectivity index (χ0n) is 15.6. The standard InChI is InChI=1S/C19H21N5O2S/c1-12-5-10-17(13(2)11-12)24-19(21-22-23-24)27-14(3)18(25)20-15-6-8-16(26-4)9-7-15/h5-11,14H,1-4H3,(H,20,25)/t14-/m1/s1. The van der Waals surface area contributed by atoms with Crippen LogP contribution in [0.1, 0.15) is 18.1 Å². The van der Waals surface area contributed by atoms with Gasteiger partial charge in [0.15, 0.2) is 0 Å². The predicted molar refractivity (Wildman–Crippen MR) is 106 cm³/mol. The summed E-state index contributed by atoms with van der Waals surface area (Å²) in [5.41, 5.74) is 3.85. The number of methoxy groups -OCH3 is 1. The summed E-state index contributed by atoms with van der Waals surface area (Å²) in [6.45, 7) is 5.88. The summed E-state index contributed by atoms with van der Waals surface area (Å²) >= 11 is 1.31. The number of ether oxygens (including phenoxy) is 1. The molecule has 0 aliphatic heterocycles. The molecule has 0 aliphatic rings. The van der Waals surface area contributed by atoms with Crippen molar-refractivity contribution in [3.05, 3.63) is 53.6 Å². The number of hydrogen-bond donors (Lipinski definition) is 1. The number of tetrazole rings is 1. The summed E-state index contributed by atoms with van der Waals surface area (Å²) in [5, 5.41) is 15.0. The molecule has 1 heterocycles. The third-order valence-corrected chi connectivity index (χ3v) is 5.06. The maximum Gasteiger partial charge on any atom is 0.237 e. The molecule has 0 unspecified atom stereocenters. The van der Waals surface area contributed by atoms with Gasteiger partial charge in [0.2, 0.25) is 11.1 Å². The van der Waals surface area contributed by atoms with Crippen molar-refractivity contribution in [2.45, 2.75) is 31.2 Å². The molecule has 0 bridgehead atoms. The normalized spacial score (nSPS) is 11.9. The summed E-state index contributed by atoms with van der Waals surface area (Å²) in [5.74, 6) is 0.614. The van der Waals surface area contributed by atoms with E-state index in [0.717, 1.165) is 17.0 Å². The van der Waals surface area contributed by atoms with Crippen LogP contribution in [0.2, 0.25) is 0 Å². The van der Waals surface area contributed by atoms with Crippen molar-refractivity contribution in [2.24, 2.45) is 0 Å². The van der Waals surface area contributed by atoms with Gasteiger partial charge in [-0.05, 0) is 67.1 Å². The largest absolute Gasteiger partial charge is 0.497 e. The lowest BCUT2D eigenvalue weighted by molar-refractivity contribution is -0.115. The van der Waals surface area contributed by atoms with Crippen LogP contribution < -0.4 is 10.1 Å². The number of thioether (sulfide) groups is 1. The highest BCUT2D eigenvalue weighted by molar-refractivity contribution is 8.00. The molecule has 8 heteroatoms. The van der Waals surface area contributed by atoms with Gasteiger partial charge in [0.05, 0.1) is 18.0 Å². The number of nitrogens with zero attached hydrogens (tertiary/aromatic N) is 4. The van der Waals surface area contributed by atoms with Gasteiger partial charge in [-0.15, -0.1) is 5.10 Å². The van der Waals surface area contributed by atoms with Gasteiger partial charge in [-0.2, -0.15) is 4.68 Å². The van der Waals surface area contributed by atoms with Crippen LogP contribution in [0.25, 0.3) is 5.69 Å². The molecule has 1 N–H and O–H groups in total. The number of aryl methyl sites for hydroxylation is 2. The lowest BCUT2D eigenvalue weighted by atomic mass is 10.1. The van der Waals surface area contributed by atoms with Crippen LogP contribution in [0.4, 0.5) is 5.69 Å². The molecule has 0 saturated heterocycles. The number of carbonyl (C=O) groups is 1. The number of aromatic nitrogens is 4. The first-order valence-corrected chi connectivity index (χ1v) is 9.33. The molecule has 0 fully saturated rings. The van der Waals surface area contributed by atoms with Gasteiger partial charge in [-0.1, -0.05) is 29.5 Å². The number of hydrogen-bond acceptors (Lipinski definition) is 6. The zero-order valence-corrected chi connectivity index (χ0v) is 16.4. The summed E-state index contributed by atoms with van der Waals surface area (Å²) in [6.07, 6.45) is 0. The fraction of sp³-hybridized carbons (Fsp3) is 0.263. The number of rotatable bonds is 6. The summed E-state index contributed by atoms with van der Waals surface area (Å²) in [4.78, 5) is 12.5. The minimum absolute atomic E-state index is 0.125. The fourth-order valence-electron chi connectivity index (χ4n) is 2.58. The Kier molecular flexibility index (Phi) is 5.75. The van der Waals surface area contributed by atoms with Gasteiger partial charge >= 0.3 is 0 Å². The number of carbonyl (C=O) groups excluding carboxylic acids is 1. The Bertz CT molecular complexity index is 940. The van der Waals surface area contributed by atoms with E-state index in [4.69, 9.17) is 4.74 Å². The zero-order chi connectivity index (χ0) is 19.4. The number of benzene rings is 2. The summed E-state index contributed by atoms with van der Waals surface area (Å²) < 4.78 is 6.79. The van der Waals surface area contributed by atoms with Gasteiger partial charge in [-0.3, -0.25) is 4.79 Å². The van der Waals surface area contributed by atoms with Crippen molar-refractivity contribution in [1.82, 2.24) is 20.2 Å². The minimum atomic E-state index is -0.373. The summed E-state index contributed by atoms with van der Waals surface area (Å²) in [6, 6.07) is 13.3. The molecule has 1 amide bonds. The molecule has 27 heavy (non-hydrogen) atoms. The molecule has 1 atom stereocenters. The second kappa shape index (κ2) is 8.22. The van der Waals surface area contributed by atoms with E-state index in [9.17, 15) is 4.79 Å². The number of anilines is 1. The fourth-order valence-corrected chi connectivity index (χ4v) is 3.38. The average Bonchev–Trinajstić information content (AvgIpc) is 3.10. The van der Waals surface area contributed by atoms with Crippen LogP contribution >= 0.6 is 11.8 Å². The van der Waals surface area contributed by atoms with Crippen molar-refractivity contribution in [3.63, 3.8) is 0 Å².